The number of nitrogens with zero attached hydrogens (tertiary/aromatic N) is 1. The lowest BCUT2D eigenvalue weighted by molar-refractivity contribution is -0.184. The van der Waals surface area contributed by atoms with Crippen LogP contribution in [0.3, 0.4) is 0 Å². The van der Waals surface area contributed by atoms with Gasteiger partial charge in [-0.1, -0.05) is 6.07 Å². The minimum absolute atomic E-state index is 0. The fourth-order valence-electron chi connectivity index (χ4n) is 2.28. The molecule has 2 rings (SSSR count). The van der Waals surface area contributed by atoms with Crippen molar-refractivity contribution in [3.8, 4) is 0 Å². The maximum atomic E-state index is 12.7. The average Bonchev–Trinajstić information content (AvgIpc) is 2.37. The largest absolute Gasteiger partial charge is 0.399 e. The van der Waals surface area contributed by atoms with Gasteiger partial charge in [-0.25, -0.2) is 0 Å². The summed E-state index contributed by atoms with van der Waals surface area (Å²) in [6.45, 7) is 0.0946. The van der Waals surface area contributed by atoms with E-state index in [1.807, 2.05) is 0 Å². The number of rotatable bonds is 1. The first-order valence-corrected chi connectivity index (χ1v) is 6.09. The van der Waals surface area contributed by atoms with Gasteiger partial charge in [-0.05, 0) is 31.0 Å². The summed E-state index contributed by atoms with van der Waals surface area (Å²) < 4.78 is 38.1. The number of likely N-dealkylation sites (tertiary alicyclic amines) is 1. The monoisotopic (exact) mass is 308 g/mol. The highest BCUT2D eigenvalue weighted by atomic mass is 35.5. The molecule has 1 atom stereocenters. The first kappa shape index (κ1) is 16.6. The Kier molecular flexibility index (Phi) is 5.28. The standard InChI is InChI=1S/C13H15F3N2O.ClH/c14-13(15,16)10-4-2-6-18(8-10)12(19)9-3-1-5-11(17)7-9;/h1,3,5,7,10H,2,4,6,8,17H2;1H. The molecule has 1 aliphatic rings. The van der Waals surface area contributed by atoms with E-state index in [2.05, 4.69) is 0 Å². The van der Waals surface area contributed by atoms with Crippen molar-refractivity contribution in [1.29, 1.82) is 0 Å². The molecule has 0 radical (unpaired) electrons. The summed E-state index contributed by atoms with van der Waals surface area (Å²) in [5.74, 6) is -1.81. The van der Waals surface area contributed by atoms with E-state index in [0.717, 1.165) is 0 Å². The molecule has 1 amide bonds. The second-order valence-corrected chi connectivity index (χ2v) is 4.76. The third kappa shape index (κ3) is 3.79. The highest BCUT2D eigenvalue weighted by molar-refractivity contribution is 5.95. The van der Waals surface area contributed by atoms with Crippen LogP contribution in [0.4, 0.5) is 18.9 Å². The van der Waals surface area contributed by atoms with E-state index in [9.17, 15) is 18.0 Å². The maximum Gasteiger partial charge on any atom is 0.393 e. The highest BCUT2D eigenvalue weighted by Gasteiger charge is 2.42. The Balaban J connectivity index is 0.00000200. The van der Waals surface area contributed by atoms with E-state index in [-0.39, 0.29) is 31.3 Å². The predicted molar refractivity (Wildman–Crippen MR) is 72.8 cm³/mol. The minimum atomic E-state index is -4.24. The van der Waals surface area contributed by atoms with Crippen LogP contribution in [0, 0.1) is 5.92 Å². The second-order valence-electron chi connectivity index (χ2n) is 4.76. The third-order valence-corrected chi connectivity index (χ3v) is 3.31. The number of alkyl halides is 3. The Hall–Kier alpha value is -1.43. The number of amides is 1. The Labute approximate surface area is 121 Å². The summed E-state index contributed by atoms with van der Waals surface area (Å²) in [5, 5.41) is 0. The molecule has 0 aliphatic carbocycles. The molecule has 1 aromatic rings. The van der Waals surface area contributed by atoms with Crippen molar-refractivity contribution in [1.82, 2.24) is 4.90 Å². The topological polar surface area (TPSA) is 46.3 Å². The molecule has 0 saturated carbocycles. The summed E-state index contributed by atoms with van der Waals surface area (Å²) in [6.07, 6.45) is -3.78. The molecule has 1 heterocycles. The van der Waals surface area contributed by atoms with Gasteiger partial charge >= 0.3 is 6.18 Å². The second kappa shape index (κ2) is 6.35. The van der Waals surface area contributed by atoms with E-state index < -0.39 is 12.1 Å². The molecule has 1 unspecified atom stereocenters. The molecule has 1 aromatic carbocycles. The van der Waals surface area contributed by atoms with Crippen LogP contribution in [0.5, 0.6) is 0 Å². The van der Waals surface area contributed by atoms with E-state index >= 15 is 0 Å². The highest BCUT2D eigenvalue weighted by Crippen LogP contribution is 2.33. The molecule has 1 aliphatic heterocycles. The van der Waals surface area contributed by atoms with Crippen LogP contribution in [-0.4, -0.2) is 30.1 Å². The summed E-state index contributed by atoms with van der Waals surface area (Å²) >= 11 is 0. The van der Waals surface area contributed by atoms with E-state index in [1.165, 1.54) is 11.0 Å². The van der Waals surface area contributed by atoms with Crippen molar-refractivity contribution in [2.75, 3.05) is 18.8 Å². The Morgan fingerprint density at radius 2 is 2.05 bits per heavy atom. The van der Waals surface area contributed by atoms with Crippen molar-refractivity contribution in [3.63, 3.8) is 0 Å². The van der Waals surface area contributed by atoms with Crippen molar-refractivity contribution >= 4 is 24.0 Å². The fourth-order valence-corrected chi connectivity index (χ4v) is 2.28. The number of nitrogen functional groups attached to an aromatic ring is 1. The Bertz CT molecular complexity index is 479. The molecule has 1 saturated heterocycles. The summed E-state index contributed by atoms with van der Waals surface area (Å²) in [6, 6.07) is 6.30. The molecule has 0 spiro atoms. The summed E-state index contributed by atoms with van der Waals surface area (Å²) in [4.78, 5) is 13.4. The van der Waals surface area contributed by atoms with E-state index in [4.69, 9.17) is 5.73 Å². The summed E-state index contributed by atoms with van der Waals surface area (Å²) in [7, 11) is 0. The lowest BCUT2D eigenvalue weighted by Crippen LogP contribution is -2.44. The van der Waals surface area contributed by atoms with Gasteiger partial charge in [0, 0.05) is 24.3 Å². The number of hydrogen-bond acceptors (Lipinski definition) is 2. The lowest BCUT2D eigenvalue weighted by Gasteiger charge is -2.33. The zero-order valence-electron chi connectivity index (χ0n) is 10.7. The molecule has 112 valence electrons. The van der Waals surface area contributed by atoms with Gasteiger partial charge in [0.05, 0.1) is 5.92 Å². The molecule has 0 aromatic heterocycles. The predicted octanol–water partition coefficient (Wildman–Crippen LogP) is 3.11. The van der Waals surface area contributed by atoms with Gasteiger partial charge in [-0.15, -0.1) is 12.4 Å². The van der Waals surface area contributed by atoms with Crippen molar-refractivity contribution < 1.29 is 18.0 Å². The van der Waals surface area contributed by atoms with Crippen molar-refractivity contribution in [2.24, 2.45) is 5.92 Å². The molecule has 7 heteroatoms. The van der Waals surface area contributed by atoms with Crippen LogP contribution in [0.2, 0.25) is 0 Å². The number of halogens is 4. The Morgan fingerprint density at radius 3 is 2.65 bits per heavy atom. The minimum Gasteiger partial charge on any atom is -0.399 e. The van der Waals surface area contributed by atoms with Gasteiger partial charge in [-0.3, -0.25) is 4.79 Å². The van der Waals surface area contributed by atoms with Crippen LogP contribution in [0.15, 0.2) is 24.3 Å². The summed E-state index contributed by atoms with van der Waals surface area (Å²) in [5.41, 5.74) is 6.33. The number of hydrogen-bond donors (Lipinski definition) is 1. The molecular formula is C13H16ClF3N2O. The van der Waals surface area contributed by atoms with Crippen LogP contribution in [-0.2, 0) is 0 Å². The van der Waals surface area contributed by atoms with E-state index in [0.29, 0.717) is 24.2 Å². The zero-order valence-corrected chi connectivity index (χ0v) is 11.5. The number of benzene rings is 1. The lowest BCUT2D eigenvalue weighted by atomic mass is 9.97. The molecule has 2 N–H and O–H groups in total. The number of carbonyl (C=O) groups is 1. The van der Waals surface area contributed by atoms with Gasteiger partial charge in [0.25, 0.3) is 5.91 Å². The SMILES string of the molecule is Cl.Nc1cccc(C(=O)N2CCCC(C(F)(F)F)C2)c1. The first-order chi connectivity index (χ1) is 8.88. The number of piperidine rings is 1. The fraction of sp³-hybridized carbons (Fsp3) is 0.462. The van der Waals surface area contributed by atoms with Crippen molar-refractivity contribution in [3.05, 3.63) is 29.8 Å². The quantitative estimate of drug-likeness (QED) is 0.810. The Morgan fingerprint density at radius 1 is 1.35 bits per heavy atom. The number of anilines is 1. The molecule has 1 fully saturated rings. The van der Waals surface area contributed by atoms with E-state index in [1.54, 1.807) is 18.2 Å². The molecule has 3 nitrogen and oxygen atoms in total. The molecule has 0 bridgehead atoms. The van der Waals surface area contributed by atoms with Crippen LogP contribution in [0.1, 0.15) is 23.2 Å². The maximum absolute atomic E-state index is 12.7. The normalized spacial score (nSPS) is 19.4. The van der Waals surface area contributed by atoms with Crippen LogP contribution < -0.4 is 5.73 Å². The number of nitrogens with two attached hydrogens (primary N) is 1. The molecule has 20 heavy (non-hydrogen) atoms. The van der Waals surface area contributed by atoms with Gasteiger partial charge in [-0.2, -0.15) is 13.2 Å². The van der Waals surface area contributed by atoms with Crippen molar-refractivity contribution in [2.45, 2.75) is 19.0 Å². The number of carbonyl (C=O) groups excluding carboxylic acids is 1. The average molecular weight is 309 g/mol. The smallest absolute Gasteiger partial charge is 0.393 e. The van der Waals surface area contributed by atoms with Gasteiger partial charge in [0.1, 0.15) is 0 Å². The first-order valence-electron chi connectivity index (χ1n) is 6.09. The van der Waals surface area contributed by atoms with Crippen LogP contribution >= 0.6 is 12.4 Å². The third-order valence-electron chi connectivity index (χ3n) is 3.31. The van der Waals surface area contributed by atoms with Gasteiger partial charge in [0.15, 0.2) is 0 Å². The van der Waals surface area contributed by atoms with Gasteiger partial charge < -0.3 is 10.6 Å². The molecular weight excluding hydrogens is 293 g/mol. The van der Waals surface area contributed by atoms with Crippen LogP contribution in [0.25, 0.3) is 0 Å². The van der Waals surface area contributed by atoms with Gasteiger partial charge in [0.2, 0.25) is 0 Å². The zero-order chi connectivity index (χ0) is 14.0.